The summed E-state index contributed by atoms with van der Waals surface area (Å²) in [6.07, 6.45) is 6.31. The number of hydrogen-bond donors (Lipinski definition) is 2. The van der Waals surface area contributed by atoms with Crippen molar-refractivity contribution in [2.75, 3.05) is 13.2 Å². The topological polar surface area (TPSA) is 55.5 Å². The summed E-state index contributed by atoms with van der Waals surface area (Å²) in [6.45, 7) is 5.31. The Bertz CT molecular complexity index is 829. The Balaban J connectivity index is 1.34. The van der Waals surface area contributed by atoms with Gasteiger partial charge in [-0.2, -0.15) is 0 Å². The van der Waals surface area contributed by atoms with Gasteiger partial charge in [0, 0.05) is 5.54 Å². The second kappa shape index (κ2) is 8.49. The van der Waals surface area contributed by atoms with Crippen LogP contribution in [0.25, 0.3) is 0 Å². The Morgan fingerprint density at radius 3 is 2.59 bits per heavy atom. The molecule has 3 N–H and O–H groups in total. The Hall–Kier alpha value is -1.84. The number of aliphatic hydroxyl groups excluding tert-OH is 1. The Morgan fingerprint density at radius 1 is 1.10 bits per heavy atom. The van der Waals surface area contributed by atoms with Gasteiger partial charge < -0.3 is 15.6 Å². The number of aryl methyl sites for hydroxylation is 1. The summed E-state index contributed by atoms with van der Waals surface area (Å²) in [6, 6.07) is 15.6. The fraction of sp³-hybridized carbons (Fsp3) is 0.538. The first-order valence-corrected chi connectivity index (χ1v) is 11.2. The second-order valence-corrected chi connectivity index (χ2v) is 9.63. The van der Waals surface area contributed by atoms with Crippen molar-refractivity contribution in [1.29, 1.82) is 0 Å². The minimum absolute atomic E-state index is 0.0936. The van der Waals surface area contributed by atoms with Gasteiger partial charge in [0.2, 0.25) is 0 Å². The van der Waals surface area contributed by atoms with E-state index in [0.29, 0.717) is 17.8 Å². The number of aliphatic hydroxyl groups is 1. The Labute approximate surface area is 175 Å². The van der Waals surface area contributed by atoms with E-state index >= 15 is 0 Å². The number of fused-ring (bicyclic) bond motifs is 1. The van der Waals surface area contributed by atoms with Gasteiger partial charge in [-0.15, -0.1) is 0 Å². The quantitative estimate of drug-likeness (QED) is 0.730. The number of nitrogens with two attached hydrogens (primary N) is 1. The van der Waals surface area contributed by atoms with Crippen LogP contribution in [-0.4, -0.2) is 23.9 Å². The smallest absolute Gasteiger partial charge is 0.119 e. The molecule has 0 saturated heterocycles. The van der Waals surface area contributed by atoms with Crippen molar-refractivity contribution in [2.45, 2.75) is 69.7 Å². The SMILES string of the molecule is CC(C)c1ccc(OC[C@@H]2CCc3cc([C@H]4CC[C@](N)(CO)C4)ccc3C2)cc1. The second-order valence-electron chi connectivity index (χ2n) is 9.63. The van der Waals surface area contributed by atoms with E-state index in [-0.39, 0.29) is 12.1 Å². The number of ether oxygens (including phenoxy) is 1. The van der Waals surface area contributed by atoms with Crippen LogP contribution >= 0.6 is 0 Å². The molecule has 4 rings (SSSR count). The fourth-order valence-electron chi connectivity index (χ4n) is 4.99. The highest BCUT2D eigenvalue weighted by atomic mass is 16.5. The van der Waals surface area contributed by atoms with Gasteiger partial charge in [-0.25, -0.2) is 0 Å². The Morgan fingerprint density at radius 2 is 1.90 bits per heavy atom. The van der Waals surface area contributed by atoms with E-state index < -0.39 is 0 Å². The van der Waals surface area contributed by atoms with Gasteiger partial charge >= 0.3 is 0 Å². The lowest BCUT2D eigenvalue weighted by molar-refractivity contribution is 0.198. The number of rotatable bonds is 6. The van der Waals surface area contributed by atoms with E-state index in [1.54, 1.807) is 0 Å². The molecule has 156 valence electrons. The molecular weight excluding hydrogens is 358 g/mol. The lowest BCUT2D eigenvalue weighted by atomic mass is 9.82. The predicted octanol–water partition coefficient (Wildman–Crippen LogP) is 4.95. The summed E-state index contributed by atoms with van der Waals surface area (Å²) < 4.78 is 6.10. The number of benzene rings is 2. The molecule has 0 aromatic heterocycles. The van der Waals surface area contributed by atoms with E-state index in [9.17, 15) is 5.11 Å². The molecule has 2 aliphatic carbocycles. The molecule has 0 radical (unpaired) electrons. The zero-order chi connectivity index (χ0) is 20.4. The molecule has 3 heteroatoms. The van der Waals surface area contributed by atoms with E-state index in [4.69, 9.17) is 10.5 Å². The molecule has 0 aliphatic heterocycles. The molecule has 0 unspecified atom stereocenters. The van der Waals surface area contributed by atoms with Crippen LogP contribution in [0.5, 0.6) is 5.75 Å². The summed E-state index contributed by atoms with van der Waals surface area (Å²) in [4.78, 5) is 0. The molecule has 0 heterocycles. The molecule has 0 amide bonds. The molecule has 1 saturated carbocycles. The first-order valence-electron chi connectivity index (χ1n) is 11.2. The molecule has 1 fully saturated rings. The molecule has 29 heavy (non-hydrogen) atoms. The van der Waals surface area contributed by atoms with Crippen molar-refractivity contribution in [2.24, 2.45) is 11.7 Å². The summed E-state index contributed by atoms with van der Waals surface area (Å²) >= 11 is 0. The third-order valence-electron chi connectivity index (χ3n) is 7.02. The largest absolute Gasteiger partial charge is 0.493 e. The zero-order valence-electron chi connectivity index (χ0n) is 17.9. The van der Waals surface area contributed by atoms with Gasteiger partial charge in [-0.3, -0.25) is 0 Å². The van der Waals surface area contributed by atoms with E-state index in [1.165, 1.54) is 28.7 Å². The minimum atomic E-state index is -0.379. The molecule has 2 aromatic carbocycles. The average molecular weight is 394 g/mol. The van der Waals surface area contributed by atoms with Crippen LogP contribution in [0, 0.1) is 5.92 Å². The molecule has 2 aromatic rings. The lowest BCUT2D eigenvalue weighted by Crippen LogP contribution is -2.40. The molecule has 3 nitrogen and oxygen atoms in total. The molecule has 2 aliphatic rings. The van der Waals surface area contributed by atoms with Crippen molar-refractivity contribution >= 4 is 0 Å². The normalized spacial score (nSPS) is 26.5. The van der Waals surface area contributed by atoms with E-state index in [1.807, 2.05) is 0 Å². The highest BCUT2D eigenvalue weighted by Crippen LogP contribution is 2.40. The standard InChI is InChI=1S/C26H35NO2/c1-18(2)20-7-9-25(10-8-20)29-16-19-3-4-22-14-23(6-5-21(22)13-19)24-11-12-26(27,15-24)17-28/h5-10,14,18-19,24,28H,3-4,11-13,15-17,27H2,1-2H3/t19-,24+,26-/m1/s1. The van der Waals surface area contributed by atoms with E-state index in [2.05, 4.69) is 56.3 Å². The van der Waals surface area contributed by atoms with Gasteiger partial charge in [-0.05, 0) is 90.7 Å². The third kappa shape index (κ3) is 4.67. The minimum Gasteiger partial charge on any atom is -0.493 e. The lowest BCUT2D eigenvalue weighted by Gasteiger charge is -2.26. The molecule has 3 atom stereocenters. The first-order chi connectivity index (χ1) is 14.0. The van der Waals surface area contributed by atoms with Gasteiger partial charge in [0.25, 0.3) is 0 Å². The van der Waals surface area contributed by atoms with Crippen LogP contribution < -0.4 is 10.5 Å². The van der Waals surface area contributed by atoms with Gasteiger partial charge in [-0.1, -0.05) is 44.2 Å². The van der Waals surface area contributed by atoms with Crippen LogP contribution in [0.1, 0.15) is 73.6 Å². The van der Waals surface area contributed by atoms with Crippen LogP contribution in [0.4, 0.5) is 0 Å². The monoisotopic (exact) mass is 393 g/mol. The van der Waals surface area contributed by atoms with Crippen LogP contribution in [0.3, 0.4) is 0 Å². The molecular formula is C26H35NO2. The fourth-order valence-corrected chi connectivity index (χ4v) is 4.99. The van der Waals surface area contributed by atoms with Crippen LogP contribution in [0.15, 0.2) is 42.5 Å². The summed E-state index contributed by atoms with van der Waals surface area (Å²) in [5.74, 6) is 2.60. The highest BCUT2D eigenvalue weighted by molar-refractivity contribution is 5.37. The predicted molar refractivity (Wildman–Crippen MR) is 119 cm³/mol. The maximum atomic E-state index is 9.54. The van der Waals surface area contributed by atoms with Gasteiger partial charge in [0.15, 0.2) is 0 Å². The van der Waals surface area contributed by atoms with Crippen LogP contribution in [-0.2, 0) is 12.8 Å². The average Bonchev–Trinajstić information content (AvgIpc) is 3.15. The Kier molecular flexibility index (Phi) is 5.98. The maximum absolute atomic E-state index is 9.54. The van der Waals surface area contributed by atoms with Crippen LogP contribution in [0.2, 0.25) is 0 Å². The summed E-state index contributed by atoms with van der Waals surface area (Å²) in [5.41, 5.74) is 11.6. The first kappa shape index (κ1) is 20.4. The number of hydrogen-bond acceptors (Lipinski definition) is 3. The third-order valence-corrected chi connectivity index (χ3v) is 7.02. The molecule has 0 bridgehead atoms. The zero-order valence-corrected chi connectivity index (χ0v) is 17.9. The molecule has 0 spiro atoms. The summed E-state index contributed by atoms with van der Waals surface area (Å²) in [5, 5.41) is 9.54. The van der Waals surface area contributed by atoms with Crippen molar-refractivity contribution in [3.05, 3.63) is 64.7 Å². The summed E-state index contributed by atoms with van der Waals surface area (Å²) in [7, 11) is 0. The van der Waals surface area contributed by atoms with Gasteiger partial charge in [0.1, 0.15) is 5.75 Å². The van der Waals surface area contributed by atoms with Crippen molar-refractivity contribution in [3.8, 4) is 5.75 Å². The van der Waals surface area contributed by atoms with E-state index in [0.717, 1.165) is 44.5 Å². The van der Waals surface area contributed by atoms with Crippen molar-refractivity contribution in [3.63, 3.8) is 0 Å². The highest BCUT2D eigenvalue weighted by Gasteiger charge is 2.36. The van der Waals surface area contributed by atoms with Crippen molar-refractivity contribution in [1.82, 2.24) is 0 Å². The van der Waals surface area contributed by atoms with Gasteiger partial charge in [0.05, 0.1) is 13.2 Å². The maximum Gasteiger partial charge on any atom is 0.119 e. The van der Waals surface area contributed by atoms with Crippen molar-refractivity contribution < 1.29 is 9.84 Å².